The molecule has 25 heavy (non-hydrogen) atoms. The molecular weight excluding hydrogens is 320 g/mol. The van der Waals surface area contributed by atoms with Gasteiger partial charge in [-0.05, 0) is 29.8 Å². The summed E-state index contributed by atoms with van der Waals surface area (Å²) in [4.78, 5) is 8.82. The van der Waals surface area contributed by atoms with Crippen molar-refractivity contribution in [3.05, 3.63) is 60.0 Å². The second kappa shape index (κ2) is 6.27. The maximum atomic E-state index is 5.46. The average Bonchev–Trinajstić information content (AvgIpc) is 3.32. The van der Waals surface area contributed by atoms with E-state index < -0.39 is 0 Å². The van der Waals surface area contributed by atoms with Crippen molar-refractivity contribution in [2.24, 2.45) is 0 Å². The van der Waals surface area contributed by atoms with Gasteiger partial charge in [-0.25, -0.2) is 0 Å². The third-order valence-electron chi connectivity index (χ3n) is 3.90. The smallest absolute Gasteiger partial charge is 0.320 e. The summed E-state index contributed by atoms with van der Waals surface area (Å²) in [5.41, 5.74) is 2.79. The van der Waals surface area contributed by atoms with Gasteiger partial charge in [0.15, 0.2) is 11.4 Å². The number of furan rings is 1. The van der Waals surface area contributed by atoms with Gasteiger partial charge in [0.1, 0.15) is 5.75 Å². The summed E-state index contributed by atoms with van der Waals surface area (Å²) in [5, 5.41) is 4.43. The van der Waals surface area contributed by atoms with Crippen LogP contribution in [-0.2, 0) is 6.42 Å². The quantitative estimate of drug-likeness (QED) is 0.558. The second-order valence-corrected chi connectivity index (χ2v) is 5.44. The minimum absolute atomic E-state index is 0.274. The van der Waals surface area contributed by atoms with E-state index in [4.69, 9.17) is 13.9 Å². The fourth-order valence-corrected chi connectivity index (χ4v) is 2.65. The van der Waals surface area contributed by atoms with Crippen LogP contribution < -0.4 is 9.47 Å². The van der Waals surface area contributed by atoms with E-state index >= 15 is 0 Å². The molecule has 1 aromatic carbocycles. The Kier molecular flexibility index (Phi) is 3.81. The molecule has 0 saturated carbocycles. The summed E-state index contributed by atoms with van der Waals surface area (Å²) in [6.07, 6.45) is 4.07. The lowest BCUT2D eigenvalue weighted by Crippen LogP contribution is -2.03. The van der Waals surface area contributed by atoms with Crippen molar-refractivity contribution in [2.45, 2.75) is 6.42 Å². The molecule has 0 atom stereocenters. The summed E-state index contributed by atoms with van der Waals surface area (Å²) < 4.78 is 17.6. The number of hydrogen-bond donors (Lipinski definition) is 0. The number of fused-ring (bicyclic) bond motifs is 1. The van der Waals surface area contributed by atoms with Crippen molar-refractivity contribution < 1.29 is 13.9 Å². The maximum Gasteiger partial charge on any atom is 0.320 e. The fourth-order valence-electron chi connectivity index (χ4n) is 2.65. The Morgan fingerprint density at radius 3 is 2.56 bits per heavy atom. The zero-order chi connectivity index (χ0) is 17.2. The Morgan fingerprint density at radius 2 is 1.88 bits per heavy atom. The van der Waals surface area contributed by atoms with Crippen molar-refractivity contribution in [1.82, 2.24) is 19.6 Å². The maximum absolute atomic E-state index is 5.46. The Morgan fingerprint density at radius 1 is 1.04 bits per heavy atom. The monoisotopic (exact) mass is 336 g/mol. The number of methoxy groups -OCH3 is 2. The largest absolute Gasteiger partial charge is 0.497 e. The molecule has 4 aromatic rings. The normalized spacial score (nSPS) is 11.0. The first-order valence-corrected chi connectivity index (χ1v) is 7.74. The molecule has 0 amide bonds. The molecular formula is C18H16N4O3. The molecule has 0 N–H and O–H groups in total. The third kappa shape index (κ3) is 2.80. The van der Waals surface area contributed by atoms with Crippen molar-refractivity contribution in [3.8, 4) is 23.3 Å². The van der Waals surface area contributed by atoms with E-state index in [-0.39, 0.29) is 6.01 Å². The van der Waals surface area contributed by atoms with Gasteiger partial charge in [-0.3, -0.25) is 0 Å². The minimum atomic E-state index is 0.274. The highest BCUT2D eigenvalue weighted by atomic mass is 16.5. The van der Waals surface area contributed by atoms with Crippen molar-refractivity contribution in [2.75, 3.05) is 14.2 Å². The highest BCUT2D eigenvalue weighted by Crippen LogP contribution is 2.24. The second-order valence-electron chi connectivity index (χ2n) is 5.44. The van der Waals surface area contributed by atoms with Gasteiger partial charge in [0.2, 0.25) is 5.82 Å². The first-order valence-electron chi connectivity index (χ1n) is 7.74. The molecule has 0 unspecified atom stereocenters. The van der Waals surface area contributed by atoms with Gasteiger partial charge in [-0.2, -0.15) is 19.6 Å². The van der Waals surface area contributed by atoms with E-state index in [2.05, 4.69) is 15.1 Å². The van der Waals surface area contributed by atoms with Gasteiger partial charge in [0, 0.05) is 12.0 Å². The van der Waals surface area contributed by atoms with Crippen molar-refractivity contribution in [1.29, 1.82) is 0 Å². The molecule has 0 aliphatic carbocycles. The topological polar surface area (TPSA) is 74.7 Å². The van der Waals surface area contributed by atoms with Crippen LogP contribution in [0.4, 0.5) is 0 Å². The number of ether oxygens (including phenoxy) is 2. The van der Waals surface area contributed by atoms with E-state index in [1.807, 2.05) is 30.3 Å². The number of hydrogen-bond acceptors (Lipinski definition) is 6. The first-order chi connectivity index (χ1) is 12.3. The highest BCUT2D eigenvalue weighted by Gasteiger charge is 2.16. The Hall–Kier alpha value is -3.35. The molecule has 0 fully saturated rings. The van der Waals surface area contributed by atoms with Gasteiger partial charge in [0.05, 0.1) is 26.7 Å². The van der Waals surface area contributed by atoms with Gasteiger partial charge in [0.25, 0.3) is 0 Å². The highest BCUT2D eigenvalue weighted by molar-refractivity contribution is 5.57. The minimum Gasteiger partial charge on any atom is -0.497 e. The van der Waals surface area contributed by atoms with Crippen LogP contribution >= 0.6 is 0 Å². The summed E-state index contributed by atoms with van der Waals surface area (Å²) in [6, 6.07) is 11.8. The van der Waals surface area contributed by atoms with Crippen LogP contribution in [0.5, 0.6) is 11.8 Å². The van der Waals surface area contributed by atoms with Crippen LogP contribution in [0.3, 0.4) is 0 Å². The number of benzene rings is 1. The van der Waals surface area contributed by atoms with Gasteiger partial charge < -0.3 is 13.9 Å². The zero-order valence-electron chi connectivity index (χ0n) is 13.8. The molecule has 0 radical (unpaired) electrons. The lowest BCUT2D eigenvalue weighted by Gasteiger charge is -2.05. The van der Waals surface area contributed by atoms with E-state index in [0.717, 1.165) is 16.9 Å². The molecule has 7 heteroatoms. The summed E-state index contributed by atoms with van der Waals surface area (Å²) >= 11 is 0. The summed E-state index contributed by atoms with van der Waals surface area (Å²) in [5.74, 6) is 1.98. The molecule has 0 saturated heterocycles. The van der Waals surface area contributed by atoms with Gasteiger partial charge >= 0.3 is 6.01 Å². The van der Waals surface area contributed by atoms with E-state index in [1.165, 1.54) is 7.11 Å². The Labute approximate surface area is 143 Å². The fraction of sp³-hybridized carbons (Fsp3) is 0.167. The van der Waals surface area contributed by atoms with Crippen LogP contribution in [0, 0.1) is 0 Å². The van der Waals surface area contributed by atoms with Gasteiger partial charge in [-0.1, -0.05) is 12.1 Å². The predicted molar refractivity (Wildman–Crippen MR) is 90.8 cm³/mol. The van der Waals surface area contributed by atoms with Crippen LogP contribution in [0.2, 0.25) is 0 Å². The first kappa shape index (κ1) is 15.2. The SMILES string of the molecule is COc1ccc(Cc2cnn3c(-c4ccco4)nc(OC)nc23)cc1. The number of aromatic nitrogens is 4. The Balaban J connectivity index is 1.78. The van der Waals surface area contributed by atoms with Crippen molar-refractivity contribution >= 4 is 5.65 Å². The number of nitrogens with zero attached hydrogens (tertiary/aromatic N) is 4. The third-order valence-corrected chi connectivity index (χ3v) is 3.90. The van der Waals surface area contributed by atoms with E-state index in [9.17, 15) is 0 Å². The standard InChI is InChI=1S/C18H16N4O3/c1-23-14-7-5-12(6-8-14)10-13-11-19-22-16(13)20-18(24-2)21-17(22)15-4-3-9-25-15/h3-9,11H,10H2,1-2H3. The Bertz CT molecular complexity index is 991. The van der Waals surface area contributed by atoms with E-state index in [0.29, 0.717) is 23.7 Å². The molecule has 0 bridgehead atoms. The van der Waals surface area contributed by atoms with Crippen LogP contribution in [0.1, 0.15) is 11.1 Å². The molecule has 0 spiro atoms. The molecule has 7 nitrogen and oxygen atoms in total. The molecule has 3 heterocycles. The zero-order valence-corrected chi connectivity index (χ0v) is 13.8. The summed E-state index contributed by atoms with van der Waals surface area (Å²) in [7, 11) is 3.19. The average molecular weight is 336 g/mol. The van der Waals surface area contributed by atoms with Gasteiger partial charge in [-0.15, -0.1) is 0 Å². The lowest BCUT2D eigenvalue weighted by molar-refractivity contribution is 0.379. The molecule has 0 aliphatic heterocycles. The van der Waals surface area contributed by atoms with Crippen molar-refractivity contribution in [3.63, 3.8) is 0 Å². The van der Waals surface area contributed by atoms with E-state index in [1.54, 1.807) is 30.2 Å². The van der Waals surface area contributed by atoms with Crippen LogP contribution in [0.15, 0.2) is 53.3 Å². The number of rotatable bonds is 5. The van der Waals surface area contributed by atoms with Crippen LogP contribution in [0.25, 0.3) is 17.2 Å². The summed E-state index contributed by atoms with van der Waals surface area (Å²) in [6.45, 7) is 0. The molecule has 126 valence electrons. The molecule has 3 aromatic heterocycles. The lowest BCUT2D eigenvalue weighted by atomic mass is 10.1. The molecule has 0 aliphatic rings. The molecule has 4 rings (SSSR count). The van der Waals surface area contributed by atoms with Crippen LogP contribution in [-0.4, -0.2) is 33.8 Å². The predicted octanol–water partition coefficient (Wildman–Crippen LogP) is 2.99.